The number of nitrogens with one attached hydrogen (secondary N) is 1. The molecule has 0 aliphatic carbocycles. The lowest BCUT2D eigenvalue weighted by atomic mass is 10.1. The molecule has 0 heterocycles. The van der Waals surface area contributed by atoms with Crippen molar-refractivity contribution in [3.05, 3.63) is 54.1 Å². The van der Waals surface area contributed by atoms with Gasteiger partial charge >= 0.3 is 0 Å². The quantitative estimate of drug-likeness (QED) is 0.464. The number of methoxy groups -OCH3 is 3. The van der Waals surface area contributed by atoms with Crippen molar-refractivity contribution in [2.24, 2.45) is 0 Å². The van der Waals surface area contributed by atoms with Crippen LogP contribution in [0.5, 0.6) is 17.2 Å². The Labute approximate surface area is 181 Å². The number of carbonyl (C=O) groups excluding carboxylic acids is 3. The molecule has 0 aliphatic rings. The van der Waals surface area contributed by atoms with E-state index in [0.717, 1.165) is 0 Å². The second-order valence-corrected chi connectivity index (χ2v) is 6.41. The van der Waals surface area contributed by atoms with Gasteiger partial charge in [0.15, 0.2) is 11.5 Å². The molecule has 0 saturated heterocycles. The van der Waals surface area contributed by atoms with E-state index in [1.54, 1.807) is 49.4 Å². The van der Waals surface area contributed by atoms with Crippen LogP contribution >= 0.6 is 0 Å². The third-order valence-electron chi connectivity index (χ3n) is 4.40. The Balaban J connectivity index is 2.01. The van der Waals surface area contributed by atoms with Crippen LogP contribution in [0.1, 0.15) is 12.5 Å². The monoisotopic (exact) mass is 426 g/mol. The van der Waals surface area contributed by atoms with Gasteiger partial charge in [-0.2, -0.15) is 0 Å². The zero-order chi connectivity index (χ0) is 22.8. The van der Waals surface area contributed by atoms with Crippen LogP contribution < -0.4 is 19.5 Å². The summed E-state index contributed by atoms with van der Waals surface area (Å²) in [5.41, 5.74) is 1.20. The molecule has 2 amide bonds. The van der Waals surface area contributed by atoms with Crippen molar-refractivity contribution in [3.8, 4) is 17.2 Å². The summed E-state index contributed by atoms with van der Waals surface area (Å²) in [5, 5.41) is 2.69. The highest BCUT2D eigenvalue weighted by atomic mass is 16.5. The van der Waals surface area contributed by atoms with E-state index < -0.39 is 17.6 Å². The van der Waals surface area contributed by atoms with E-state index in [4.69, 9.17) is 14.2 Å². The summed E-state index contributed by atoms with van der Waals surface area (Å²) in [4.78, 5) is 38.3. The van der Waals surface area contributed by atoms with Gasteiger partial charge in [0.1, 0.15) is 12.3 Å². The van der Waals surface area contributed by atoms with Crippen molar-refractivity contribution < 1.29 is 28.6 Å². The first-order chi connectivity index (χ1) is 14.9. The summed E-state index contributed by atoms with van der Waals surface area (Å²) < 4.78 is 15.5. The molecule has 8 nitrogen and oxygen atoms in total. The summed E-state index contributed by atoms with van der Waals surface area (Å²) >= 11 is 0. The van der Waals surface area contributed by atoms with Crippen LogP contribution in [-0.4, -0.2) is 56.9 Å². The van der Waals surface area contributed by atoms with Crippen LogP contribution in [0.2, 0.25) is 0 Å². The number of amides is 2. The third-order valence-corrected chi connectivity index (χ3v) is 4.40. The van der Waals surface area contributed by atoms with Crippen molar-refractivity contribution in [2.45, 2.75) is 6.92 Å². The first kappa shape index (κ1) is 23.5. The SMILES string of the molecule is CCN(CC(=O)Nc1cccc(OC)c1)C(=O)C(=O)/C=C/c1ccc(OC)c(OC)c1. The molecule has 2 aromatic carbocycles. The molecule has 0 aliphatic heterocycles. The second-order valence-electron chi connectivity index (χ2n) is 6.41. The summed E-state index contributed by atoms with van der Waals surface area (Å²) in [6.07, 6.45) is 2.68. The highest BCUT2D eigenvalue weighted by Crippen LogP contribution is 2.28. The normalized spacial score (nSPS) is 10.5. The maximum absolute atomic E-state index is 12.5. The van der Waals surface area contributed by atoms with Gasteiger partial charge in [-0.25, -0.2) is 0 Å². The van der Waals surface area contributed by atoms with E-state index in [1.165, 1.54) is 38.4 Å². The number of carbonyl (C=O) groups is 3. The summed E-state index contributed by atoms with van der Waals surface area (Å²) in [7, 11) is 4.56. The van der Waals surface area contributed by atoms with Gasteiger partial charge < -0.3 is 24.4 Å². The van der Waals surface area contributed by atoms with E-state index in [2.05, 4.69) is 5.32 Å². The molecule has 1 N–H and O–H groups in total. The molecule has 0 saturated carbocycles. The highest BCUT2D eigenvalue weighted by molar-refractivity contribution is 6.41. The molecule has 2 rings (SSSR count). The Hall–Kier alpha value is -3.81. The number of benzene rings is 2. The summed E-state index contributed by atoms with van der Waals surface area (Å²) in [6, 6.07) is 12.0. The molecule has 0 bridgehead atoms. The van der Waals surface area contributed by atoms with Crippen LogP contribution in [-0.2, 0) is 14.4 Å². The van der Waals surface area contributed by atoms with Gasteiger partial charge in [-0.1, -0.05) is 18.2 Å². The molecular weight excluding hydrogens is 400 g/mol. The average molecular weight is 426 g/mol. The van der Waals surface area contributed by atoms with Gasteiger partial charge in [-0.3, -0.25) is 14.4 Å². The van der Waals surface area contributed by atoms with Gasteiger partial charge in [0.25, 0.3) is 5.91 Å². The Kier molecular flexibility index (Phi) is 8.63. The Bertz CT molecular complexity index is 970. The third kappa shape index (κ3) is 6.60. The minimum Gasteiger partial charge on any atom is -0.497 e. The number of ketones is 1. The first-order valence-electron chi connectivity index (χ1n) is 9.59. The second kappa shape index (κ2) is 11.4. The number of ether oxygens (including phenoxy) is 3. The maximum Gasteiger partial charge on any atom is 0.294 e. The van der Waals surface area contributed by atoms with Gasteiger partial charge in [0.05, 0.1) is 21.3 Å². The van der Waals surface area contributed by atoms with Crippen molar-refractivity contribution in [1.29, 1.82) is 0 Å². The zero-order valence-corrected chi connectivity index (χ0v) is 18.0. The fraction of sp³-hybridized carbons (Fsp3) is 0.261. The molecule has 0 spiro atoms. The van der Waals surface area contributed by atoms with Crippen LogP contribution in [0, 0.1) is 0 Å². The summed E-state index contributed by atoms with van der Waals surface area (Å²) in [5.74, 6) is -0.253. The van der Waals surface area contributed by atoms with Crippen LogP contribution in [0.25, 0.3) is 6.08 Å². The molecular formula is C23H26N2O6. The van der Waals surface area contributed by atoms with Gasteiger partial charge in [-0.15, -0.1) is 0 Å². The Morgan fingerprint density at radius 3 is 2.35 bits per heavy atom. The number of nitrogens with zero attached hydrogens (tertiary/aromatic N) is 1. The lowest BCUT2D eigenvalue weighted by Gasteiger charge is -2.19. The first-order valence-corrected chi connectivity index (χ1v) is 9.59. The molecule has 0 fully saturated rings. The highest BCUT2D eigenvalue weighted by Gasteiger charge is 2.21. The van der Waals surface area contributed by atoms with Crippen molar-refractivity contribution in [2.75, 3.05) is 39.7 Å². The Morgan fingerprint density at radius 2 is 1.71 bits per heavy atom. The molecule has 2 aromatic rings. The van der Waals surface area contributed by atoms with Gasteiger partial charge in [0.2, 0.25) is 11.7 Å². The smallest absolute Gasteiger partial charge is 0.294 e. The minimum absolute atomic E-state index is 0.209. The fourth-order valence-corrected chi connectivity index (χ4v) is 2.76. The van der Waals surface area contributed by atoms with Crippen LogP contribution in [0.4, 0.5) is 5.69 Å². The molecule has 0 atom stereocenters. The maximum atomic E-state index is 12.5. The van der Waals surface area contributed by atoms with E-state index >= 15 is 0 Å². The van der Waals surface area contributed by atoms with Gasteiger partial charge in [-0.05, 0) is 42.8 Å². The summed E-state index contributed by atoms with van der Waals surface area (Å²) in [6.45, 7) is 1.66. The lowest BCUT2D eigenvalue weighted by Crippen LogP contribution is -2.41. The molecule has 31 heavy (non-hydrogen) atoms. The molecule has 0 radical (unpaired) electrons. The minimum atomic E-state index is -0.764. The van der Waals surface area contributed by atoms with Crippen molar-refractivity contribution in [3.63, 3.8) is 0 Å². The standard InChI is InChI=1S/C23H26N2O6/c1-5-25(15-22(27)24-17-7-6-8-18(14-17)29-2)23(28)19(26)11-9-16-10-12-20(30-3)21(13-16)31-4/h6-14H,5,15H2,1-4H3,(H,24,27)/b11-9+. The predicted octanol–water partition coefficient (Wildman–Crippen LogP) is 2.78. The number of anilines is 1. The molecule has 0 aromatic heterocycles. The largest absolute Gasteiger partial charge is 0.497 e. The van der Waals surface area contributed by atoms with E-state index in [1.807, 2.05) is 0 Å². The van der Waals surface area contributed by atoms with Crippen molar-refractivity contribution in [1.82, 2.24) is 4.90 Å². The molecule has 8 heteroatoms. The lowest BCUT2D eigenvalue weighted by molar-refractivity contribution is -0.143. The number of rotatable bonds is 10. The zero-order valence-electron chi connectivity index (χ0n) is 18.0. The molecule has 0 unspecified atom stereocenters. The predicted molar refractivity (Wildman–Crippen MR) is 117 cm³/mol. The number of likely N-dealkylation sites (N-methyl/N-ethyl adjacent to an activating group) is 1. The van der Waals surface area contributed by atoms with Crippen LogP contribution in [0.3, 0.4) is 0 Å². The van der Waals surface area contributed by atoms with E-state index in [-0.39, 0.29) is 13.1 Å². The van der Waals surface area contributed by atoms with Gasteiger partial charge in [0, 0.05) is 18.3 Å². The average Bonchev–Trinajstić information content (AvgIpc) is 2.80. The topological polar surface area (TPSA) is 94.2 Å². The van der Waals surface area contributed by atoms with E-state index in [0.29, 0.717) is 28.5 Å². The fourth-order valence-electron chi connectivity index (χ4n) is 2.76. The van der Waals surface area contributed by atoms with Crippen molar-refractivity contribution >= 4 is 29.4 Å². The number of hydrogen-bond acceptors (Lipinski definition) is 6. The van der Waals surface area contributed by atoms with E-state index in [9.17, 15) is 14.4 Å². The Morgan fingerprint density at radius 1 is 0.968 bits per heavy atom. The van der Waals surface area contributed by atoms with Crippen LogP contribution in [0.15, 0.2) is 48.5 Å². The molecule has 164 valence electrons. The number of hydrogen-bond donors (Lipinski definition) is 1.